The number of benzene rings is 1. The molecule has 2 rings (SSSR count). The van der Waals surface area contributed by atoms with Gasteiger partial charge in [0.25, 0.3) is 0 Å². The van der Waals surface area contributed by atoms with Gasteiger partial charge < -0.3 is 16.0 Å². The molecule has 138 valence electrons. The van der Waals surface area contributed by atoms with E-state index in [1.165, 1.54) is 25.7 Å². The van der Waals surface area contributed by atoms with Crippen LogP contribution in [0.15, 0.2) is 29.3 Å². The van der Waals surface area contributed by atoms with E-state index < -0.39 is 0 Å². The van der Waals surface area contributed by atoms with Crippen molar-refractivity contribution >= 4 is 17.6 Å². The molecule has 1 unspecified atom stereocenters. The average molecular weight is 345 g/mol. The van der Waals surface area contributed by atoms with Crippen molar-refractivity contribution in [1.82, 2.24) is 10.6 Å². The van der Waals surface area contributed by atoms with Gasteiger partial charge in [-0.1, -0.05) is 38.8 Å². The molecule has 5 nitrogen and oxygen atoms in total. The van der Waals surface area contributed by atoms with Crippen molar-refractivity contribution in [3.63, 3.8) is 0 Å². The van der Waals surface area contributed by atoms with Crippen LogP contribution in [-0.2, 0) is 11.3 Å². The molecule has 1 aliphatic carbocycles. The zero-order chi connectivity index (χ0) is 18.1. The second kappa shape index (κ2) is 10.1. The van der Waals surface area contributed by atoms with Gasteiger partial charge in [-0.15, -0.1) is 0 Å². The molecule has 0 radical (unpaired) electrons. The molecule has 3 N–H and O–H groups in total. The highest BCUT2D eigenvalue weighted by Gasteiger charge is 2.15. The van der Waals surface area contributed by atoms with E-state index in [0.717, 1.165) is 30.2 Å². The summed E-state index contributed by atoms with van der Waals surface area (Å²) in [5.74, 6) is 0.973. The Bertz CT molecular complexity index is 579. The molecule has 0 aliphatic heterocycles. The quantitative estimate of drug-likeness (QED) is 0.522. The van der Waals surface area contributed by atoms with E-state index in [2.05, 4.69) is 22.9 Å². The third-order valence-electron chi connectivity index (χ3n) is 4.71. The number of anilines is 1. The maximum atomic E-state index is 12.0. The molecule has 0 aromatic heterocycles. The fourth-order valence-electron chi connectivity index (χ4n) is 2.95. The van der Waals surface area contributed by atoms with Crippen LogP contribution in [0.2, 0.25) is 0 Å². The van der Waals surface area contributed by atoms with E-state index in [1.807, 2.05) is 38.1 Å². The lowest BCUT2D eigenvalue weighted by Gasteiger charge is -2.16. The summed E-state index contributed by atoms with van der Waals surface area (Å²) < 4.78 is 0. The number of aliphatic imine (C=N–C) groups is 1. The van der Waals surface area contributed by atoms with E-state index in [1.54, 1.807) is 0 Å². The Morgan fingerprint density at radius 1 is 1.28 bits per heavy atom. The molecular weight excluding hydrogens is 312 g/mol. The van der Waals surface area contributed by atoms with Crippen molar-refractivity contribution in [1.29, 1.82) is 0 Å². The molecule has 1 aliphatic rings. The van der Waals surface area contributed by atoms with Crippen LogP contribution in [0.3, 0.4) is 0 Å². The number of carbonyl (C=O) groups excluding carboxylic acids is 1. The van der Waals surface area contributed by atoms with Crippen LogP contribution in [-0.4, -0.2) is 24.5 Å². The summed E-state index contributed by atoms with van der Waals surface area (Å²) in [4.78, 5) is 16.7. The van der Waals surface area contributed by atoms with Gasteiger partial charge in [0, 0.05) is 24.2 Å². The van der Waals surface area contributed by atoms with Crippen molar-refractivity contribution in [2.24, 2.45) is 10.9 Å². The minimum Gasteiger partial charge on any atom is -0.357 e. The summed E-state index contributed by atoms with van der Waals surface area (Å²) in [6, 6.07) is 8.48. The van der Waals surface area contributed by atoms with Crippen LogP contribution in [0.5, 0.6) is 0 Å². The van der Waals surface area contributed by atoms with E-state index >= 15 is 0 Å². The summed E-state index contributed by atoms with van der Waals surface area (Å²) in [6.45, 7) is 7.49. The number of guanidine groups is 1. The second-order valence-corrected chi connectivity index (χ2v) is 6.82. The number of rotatable bonds is 7. The molecule has 1 aromatic carbocycles. The lowest BCUT2D eigenvalue weighted by Crippen LogP contribution is -2.42. The van der Waals surface area contributed by atoms with Crippen molar-refractivity contribution in [2.75, 3.05) is 11.9 Å². The highest BCUT2D eigenvalue weighted by molar-refractivity contribution is 5.92. The summed E-state index contributed by atoms with van der Waals surface area (Å²) in [5, 5.41) is 9.83. The van der Waals surface area contributed by atoms with Crippen molar-refractivity contribution in [2.45, 2.75) is 65.5 Å². The standard InChI is InChI=1S/C20H32N4O/c1-4-15(3)19(25)23-18-12-8-9-16(13-18)14-22-20(21-5-2)24-17-10-6-7-11-17/h8-9,12-13,15,17H,4-7,10-11,14H2,1-3H3,(H,23,25)(H2,21,22,24). The number of nitrogens with zero attached hydrogens (tertiary/aromatic N) is 1. The van der Waals surface area contributed by atoms with Crippen LogP contribution in [0.25, 0.3) is 0 Å². The Morgan fingerprint density at radius 2 is 2.04 bits per heavy atom. The third kappa shape index (κ3) is 6.40. The molecule has 1 saturated carbocycles. The first kappa shape index (κ1) is 19.3. The van der Waals surface area contributed by atoms with Crippen molar-refractivity contribution in [3.8, 4) is 0 Å². The first-order chi connectivity index (χ1) is 12.1. The summed E-state index contributed by atoms with van der Waals surface area (Å²) in [6.07, 6.45) is 5.89. The molecule has 0 saturated heterocycles. The largest absolute Gasteiger partial charge is 0.357 e. The van der Waals surface area contributed by atoms with Gasteiger partial charge in [0.15, 0.2) is 5.96 Å². The predicted octanol–water partition coefficient (Wildman–Crippen LogP) is 3.67. The minimum atomic E-state index is 0.0256. The molecule has 1 atom stereocenters. The fourth-order valence-corrected chi connectivity index (χ4v) is 2.95. The zero-order valence-electron chi connectivity index (χ0n) is 15.8. The van der Waals surface area contributed by atoms with Gasteiger partial charge in [-0.3, -0.25) is 4.79 Å². The van der Waals surface area contributed by atoms with Crippen LogP contribution in [0.4, 0.5) is 5.69 Å². The normalized spacial score (nSPS) is 16.5. The van der Waals surface area contributed by atoms with Gasteiger partial charge in [-0.05, 0) is 43.9 Å². The molecular formula is C20H32N4O. The van der Waals surface area contributed by atoms with Crippen LogP contribution in [0.1, 0.15) is 58.4 Å². The predicted molar refractivity (Wildman–Crippen MR) is 105 cm³/mol. The molecule has 5 heteroatoms. The van der Waals surface area contributed by atoms with Gasteiger partial charge in [0.1, 0.15) is 0 Å². The molecule has 0 spiro atoms. The highest BCUT2D eigenvalue weighted by atomic mass is 16.1. The first-order valence-corrected chi connectivity index (χ1v) is 9.57. The number of hydrogen-bond donors (Lipinski definition) is 3. The highest BCUT2D eigenvalue weighted by Crippen LogP contribution is 2.17. The zero-order valence-corrected chi connectivity index (χ0v) is 15.8. The van der Waals surface area contributed by atoms with Gasteiger partial charge >= 0.3 is 0 Å². The van der Waals surface area contributed by atoms with Crippen molar-refractivity contribution < 1.29 is 4.79 Å². The van der Waals surface area contributed by atoms with Gasteiger partial charge in [0.05, 0.1) is 6.54 Å². The lowest BCUT2D eigenvalue weighted by atomic mass is 10.1. The smallest absolute Gasteiger partial charge is 0.227 e. The van der Waals surface area contributed by atoms with Gasteiger partial charge in [-0.2, -0.15) is 0 Å². The lowest BCUT2D eigenvalue weighted by molar-refractivity contribution is -0.119. The van der Waals surface area contributed by atoms with Crippen molar-refractivity contribution in [3.05, 3.63) is 29.8 Å². The molecule has 1 amide bonds. The summed E-state index contributed by atoms with van der Waals surface area (Å²) in [7, 11) is 0. The summed E-state index contributed by atoms with van der Waals surface area (Å²) >= 11 is 0. The Labute approximate surface area is 151 Å². The maximum absolute atomic E-state index is 12.0. The van der Waals surface area contributed by atoms with Gasteiger partial charge in [0.2, 0.25) is 5.91 Å². The van der Waals surface area contributed by atoms with Crippen LogP contribution in [0, 0.1) is 5.92 Å². The molecule has 0 heterocycles. The maximum Gasteiger partial charge on any atom is 0.227 e. The van der Waals surface area contributed by atoms with Crippen LogP contribution >= 0.6 is 0 Å². The number of amides is 1. The number of nitrogens with one attached hydrogen (secondary N) is 3. The van der Waals surface area contributed by atoms with Crippen LogP contribution < -0.4 is 16.0 Å². The monoisotopic (exact) mass is 344 g/mol. The number of carbonyl (C=O) groups is 1. The molecule has 1 fully saturated rings. The summed E-state index contributed by atoms with van der Waals surface area (Å²) in [5.41, 5.74) is 1.93. The molecule has 0 bridgehead atoms. The average Bonchev–Trinajstić information content (AvgIpc) is 3.12. The fraction of sp³-hybridized carbons (Fsp3) is 0.600. The third-order valence-corrected chi connectivity index (χ3v) is 4.71. The van der Waals surface area contributed by atoms with E-state index in [9.17, 15) is 4.79 Å². The van der Waals surface area contributed by atoms with Gasteiger partial charge in [-0.25, -0.2) is 4.99 Å². The molecule has 1 aromatic rings. The second-order valence-electron chi connectivity index (χ2n) is 6.82. The Morgan fingerprint density at radius 3 is 2.72 bits per heavy atom. The first-order valence-electron chi connectivity index (χ1n) is 9.57. The topological polar surface area (TPSA) is 65.5 Å². The molecule has 25 heavy (non-hydrogen) atoms. The SMILES string of the molecule is CCNC(=NCc1cccc(NC(=O)C(C)CC)c1)NC1CCCC1. The Balaban J connectivity index is 1.97. The van der Waals surface area contributed by atoms with E-state index in [0.29, 0.717) is 12.6 Å². The Kier molecular flexibility index (Phi) is 7.76. The minimum absolute atomic E-state index is 0.0256. The van der Waals surface area contributed by atoms with E-state index in [-0.39, 0.29) is 11.8 Å². The number of hydrogen-bond acceptors (Lipinski definition) is 2. The Hall–Kier alpha value is -2.04. The van der Waals surface area contributed by atoms with E-state index in [4.69, 9.17) is 4.99 Å².